The highest BCUT2D eigenvalue weighted by atomic mass is 32.1. The van der Waals surface area contributed by atoms with E-state index in [1.165, 1.54) is 41.9 Å². The van der Waals surface area contributed by atoms with Gasteiger partial charge in [0.15, 0.2) is 0 Å². The molecule has 38 heavy (non-hydrogen) atoms. The smallest absolute Gasteiger partial charge is 0.0811 e. The van der Waals surface area contributed by atoms with E-state index in [1.807, 2.05) is 11.3 Å². The quantitative estimate of drug-likeness (QED) is 0.298. The van der Waals surface area contributed by atoms with Crippen LogP contribution in [0.4, 0.5) is 0 Å². The first kappa shape index (κ1) is 29.8. The molecule has 0 aromatic carbocycles. The maximum absolute atomic E-state index is 10.6. The second-order valence-electron chi connectivity index (χ2n) is 13.4. The Morgan fingerprint density at radius 1 is 1.18 bits per heavy atom. The van der Waals surface area contributed by atoms with Crippen LogP contribution in [-0.4, -0.2) is 34.1 Å². The molecule has 2 unspecified atom stereocenters. The van der Waals surface area contributed by atoms with Gasteiger partial charge in [0.2, 0.25) is 0 Å². The van der Waals surface area contributed by atoms with Crippen LogP contribution in [0.3, 0.4) is 0 Å². The van der Waals surface area contributed by atoms with Gasteiger partial charge in [0, 0.05) is 21.6 Å². The van der Waals surface area contributed by atoms with Gasteiger partial charge < -0.3 is 15.3 Å². The monoisotopic (exact) mass is 540 g/mol. The van der Waals surface area contributed by atoms with Crippen LogP contribution in [-0.2, 0) is 5.41 Å². The third kappa shape index (κ3) is 5.80. The van der Waals surface area contributed by atoms with Crippen LogP contribution in [0.15, 0.2) is 47.6 Å². The number of fused-ring (bicyclic) bond motifs is 1. The van der Waals surface area contributed by atoms with Gasteiger partial charge in [-0.1, -0.05) is 64.8 Å². The Hall–Kier alpha value is -1.20. The third-order valence-corrected chi connectivity index (χ3v) is 12.1. The zero-order chi connectivity index (χ0) is 27.7. The van der Waals surface area contributed by atoms with Crippen molar-refractivity contribution in [3.8, 4) is 0 Å². The van der Waals surface area contributed by atoms with Gasteiger partial charge in [-0.3, -0.25) is 0 Å². The van der Waals surface area contributed by atoms with Crippen molar-refractivity contribution in [1.82, 2.24) is 0 Å². The van der Waals surface area contributed by atoms with E-state index in [9.17, 15) is 15.3 Å². The van der Waals surface area contributed by atoms with E-state index in [0.29, 0.717) is 36.0 Å². The maximum Gasteiger partial charge on any atom is 0.0811 e. The van der Waals surface area contributed by atoms with Gasteiger partial charge in [0.25, 0.3) is 0 Å². The number of thiophene rings is 1. The first-order valence-electron chi connectivity index (χ1n) is 15.1. The highest BCUT2D eigenvalue weighted by Crippen LogP contribution is 2.60. The molecular formula is C34H52O3S. The highest BCUT2D eigenvalue weighted by molar-refractivity contribution is 7.12. The number of hydrogen-bond acceptors (Lipinski definition) is 4. The SMILES string of the molecule is C=C1/C(=C/C=C2/CCC[C@@]3(C)C2CC[C@@H]3C(C)CCC[C@](CO)(c2ccc(C)s2)C(C)C)C[C@@H](O)C[C@@H]1O. The first-order chi connectivity index (χ1) is 18.0. The van der Waals surface area contributed by atoms with Crippen LogP contribution in [0.5, 0.6) is 0 Å². The summed E-state index contributed by atoms with van der Waals surface area (Å²) in [6, 6.07) is 4.45. The van der Waals surface area contributed by atoms with Gasteiger partial charge in [-0.25, -0.2) is 0 Å². The number of rotatable bonds is 9. The van der Waals surface area contributed by atoms with E-state index >= 15 is 0 Å². The van der Waals surface area contributed by atoms with Crippen molar-refractivity contribution in [3.05, 3.63) is 57.3 Å². The Labute approximate surface area is 235 Å². The summed E-state index contributed by atoms with van der Waals surface area (Å²) >= 11 is 1.86. The summed E-state index contributed by atoms with van der Waals surface area (Å²) in [5.41, 5.74) is 3.58. The number of aliphatic hydroxyl groups is 3. The van der Waals surface area contributed by atoms with Crippen molar-refractivity contribution in [2.24, 2.45) is 29.1 Å². The minimum absolute atomic E-state index is 0.126. The summed E-state index contributed by atoms with van der Waals surface area (Å²) in [4.78, 5) is 2.68. The van der Waals surface area contributed by atoms with Crippen LogP contribution >= 0.6 is 11.3 Å². The van der Waals surface area contributed by atoms with E-state index in [0.717, 1.165) is 36.3 Å². The molecule has 1 aromatic heterocycles. The topological polar surface area (TPSA) is 60.7 Å². The zero-order valence-corrected chi connectivity index (χ0v) is 25.3. The van der Waals surface area contributed by atoms with Gasteiger partial charge in [-0.15, -0.1) is 11.3 Å². The molecule has 0 amide bonds. The molecule has 3 N–H and O–H groups in total. The van der Waals surface area contributed by atoms with Gasteiger partial charge in [-0.05, 0) is 104 Å². The van der Waals surface area contributed by atoms with Crippen LogP contribution < -0.4 is 0 Å². The molecule has 212 valence electrons. The standard InChI is InChI=1S/C34H52O3S/c1-22(2)34(21-35,32-16-11-24(4)38-32)18-7-9-23(3)29-14-15-30-26(10-8-17-33(29,30)6)12-13-27-19-28(36)20-31(37)25(27)5/h11-13,16,22-23,28-31,35-37H,5,7-10,14-15,17-21H2,1-4,6H3/b26-12-,27-13+/t23?,28-,29-,30?,31+,33-,34-/m1/s1. The lowest BCUT2D eigenvalue weighted by Gasteiger charge is -2.44. The minimum atomic E-state index is -0.624. The second-order valence-corrected chi connectivity index (χ2v) is 14.7. The van der Waals surface area contributed by atoms with Gasteiger partial charge in [0.1, 0.15) is 0 Å². The minimum Gasteiger partial charge on any atom is -0.395 e. The van der Waals surface area contributed by atoms with Crippen molar-refractivity contribution in [2.75, 3.05) is 6.61 Å². The molecule has 3 aliphatic carbocycles. The molecule has 3 aliphatic rings. The van der Waals surface area contributed by atoms with Crippen molar-refractivity contribution >= 4 is 11.3 Å². The Bertz CT molecular complexity index is 1030. The molecule has 1 aromatic rings. The Morgan fingerprint density at radius 3 is 2.61 bits per heavy atom. The fraction of sp³-hybridized carbons (Fsp3) is 0.706. The predicted octanol–water partition coefficient (Wildman–Crippen LogP) is 7.89. The fourth-order valence-corrected chi connectivity index (χ4v) is 9.58. The number of allylic oxidation sites excluding steroid dienone is 3. The summed E-state index contributed by atoms with van der Waals surface area (Å²) < 4.78 is 0. The van der Waals surface area contributed by atoms with E-state index in [1.54, 1.807) is 5.57 Å². The van der Waals surface area contributed by atoms with Crippen molar-refractivity contribution in [1.29, 1.82) is 0 Å². The van der Waals surface area contributed by atoms with Crippen molar-refractivity contribution in [3.63, 3.8) is 0 Å². The second kappa shape index (κ2) is 12.1. The summed E-state index contributed by atoms with van der Waals surface area (Å²) in [6.07, 6.45) is 14.1. The van der Waals surface area contributed by atoms with Gasteiger partial charge >= 0.3 is 0 Å². The van der Waals surface area contributed by atoms with E-state index in [4.69, 9.17) is 0 Å². The van der Waals surface area contributed by atoms with Crippen molar-refractivity contribution in [2.45, 2.75) is 116 Å². The van der Waals surface area contributed by atoms with Gasteiger partial charge in [-0.2, -0.15) is 0 Å². The molecule has 0 aliphatic heterocycles. The lowest BCUT2D eigenvalue weighted by atomic mass is 9.60. The average molecular weight is 541 g/mol. The molecule has 1 heterocycles. The molecule has 3 nitrogen and oxygen atoms in total. The first-order valence-corrected chi connectivity index (χ1v) is 16.0. The summed E-state index contributed by atoms with van der Waals surface area (Å²) in [7, 11) is 0. The molecule has 0 spiro atoms. The fourth-order valence-electron chi connectivity index (χ4n) is 8.36. The zero-order valence-electron chi connectivity index (χ0n) is 24.5. The maximum atomic E-state index is 10.6. The van der Waals surface area contributed by atoms with Crippen molar-refractivity contribution < 1.29 is 15.3 Å². The summed E-state index contributed by atoms with van der Waals surface area (Å²) in [6.45, 7) is 16.1. The molecule has 3 saturated carbocycles. The Morgan fingerprint density at radius 2 is 1.95 bits per heavy atom. The predicted molar refractivity (Wildman–Crippen MR) is 160 cm³/mol. The molecule has 0 radical (unpaired) electrons. The van der Waals surface area contributed by atoms with Crippen LogP contribution in [0.2, 0.25) is 0 Å². The lowest BCUT2D eigenvalue weighted by Crippen LogP contribution is -2.37. The molecular weight excluding hydrogens is 488 g/mol. The van der Waals surface area contributed by atoms with Crippen LogP contribution in [0.25, 0.3) is 0 Å². The lowest BCUT2D eigenvalue weighted by molar-refractivity contribution is 0.0860. The van der Waals surface area contributed by atoms with Crippen LogP contribution in [0, 0.1) is 36.0 Å². The number of hydrogen-bond donors (Lipinski definition) is 3. The number of aryl methyl sites for hydroxylation is 1. The summed E-state index contributed by atoms with van der Waals surface area (Å²) in [5.74, 6) is 2.47. The molecule has 3 fully saturated rings. The van der Waals surface area contributed by atoms with E-state index in [-0.39, 0.29) is 12.0 Å². The Kier molecular flexibility index (Phi) is 9.50. The largest absolute Gasteiger partial charge is 0.395 e. The third-order valence-electron chi connectivity index (χ3n) is 10.9. The molecule has 0 saturated heterocycles. The molecule has 7 atom stereocenters. The van der Waals surface area contributed by atoms with Crippen LogP contribution in [0.1, 0.15) is 102 Å². The van der Waals surface area contributed by atoms with E-state index in [2.05, 4.69) is 65.5 Å². The average Bonchev–Trinajstić information content (AvgIpc) is 3.46. The molecule has 4 rings (SSSR count). The number of aliphatic hydroxyl groups excluding tert-OH is 3. The Balaban J connectivity index is 1.43. The molecule has 0 bridgehead atoms. The normalized spacial score (nSPS) is 34.6. The summed E-state index contributed by atoms with van der Waals surface area (Å²) in [5, 5.41) is 31.0. The van der Waals surface area contributed by atoms with E-state index < -0.39 is 12.2 Å². The molecule has 4 heteroatoms. The van der Waals surface area contributed by atoms with Gasteiger partial charge in [0.05, 0.1) is 18.8 Å². The highest BCUT2D eigenvalue weighted by Gasteiger charge is 2.50.